The van der Waals surface area contributed by atoms with Gasteiger partial charge in [-0.05, 0) is 37.1 Å². The topological polar surface area (TPSA) is 71.4 Å². The van der Waals surface area contributed by atoms with E-state index in [1.54, 1.807) is 19.9 Å². The van der Waals surface area contributed by atoms with Crippen molar-refractivity contribution in [3.05, 3.63) is 29.3 Å². The third kappa shape index (κ3) is 2.61. The monoisotopic (exact) mass is 242 g/mol. The molecule has 0 saturated carbocycles. The van der Waals surface area contributed by atoms with Crippen LogP contribution in [0.4, 0.5) is 0 Å². The minimum Gasteiger partial charge on any atom is -0.481 e. The Morgan fingerprint density at radius 2 is 1.94 bits per heavy atom. The lowest BCUT2D eigenvalue weighted by Gasteiger charge is -2.11. The van der Waals surface area contributed by atoms with Gasteiger partial charge in [-0.3, -0.25) is 4.79 Å². The molecule has 0 bridgehead atoms. The van der Waals surface area contributed by atoms with Crippen LogP contribution >= 0.6 is 0 Å². The maximum absolute atomic E-state index is 11.3. The van der Waals surface area contributed by atoms with Crippen molar-refractivity contribution >= 4 is 15.8 Å². The average Bonchev–Trinajstić information content (AvgIpc) is 2.15. The van der Waals surface area contributed by atoms with Gasteiger partial charge in [-0.2, -0.15) is 0 Å². The SMILES string of the molecule is Cc1cc(S(C)(=O)=O)ccc1C(C)C(=O)O. The van der Waals surface area contributed by atoms with Gasteiger partial charge in [0.1, 0.15) is 0 Å². The number of hydrogen-bond donors (Lipinski definition) is 1. The number of sulfone groups is 1. The van der Waals surface area contributed by atoms with Crippen LogP contribution in [0.3, 0.4) is 0 Å². The maximum atomic E-state index is 11.3. The van der Waals surface area contributed by atoms with Crippen molar-refractivity contribution in [1.82, 2.24) is 0 Å². The first-order chi connectivity index (χ1) is 7.23. The molecule has 16 heavy (non-hydrogen) atoms. The Labute approximate surface area is 94.8 Å². The average molecular weight is 242 g/mol. The van der Waals surface area contributed by atoms with E-state index in [9.17, 15) is 13.2 Å². The zero-order chi connectivity index (χ0) is 12.5. The van der Waals surface area contributed by atoms with Gasteiger partial charge < -0.3 is 5.11 Å². The fourth-order valence-electron chi connectivity index (χ4n) is 1.50. The fraction of sp³-hybridized carbons (Fsp3) is 0.364. The number of carboxylic acids is 1. The van der Waals surface area contributed by atoms with Gasteiger partial charge in [-0.15, -0.1) is 0 Å². The summed E-state index contributed by atoms with van der Waals surface area (Å²) in [5.41, 5.74) is 1.32. The molecule has 0 radical (unpaired) electrons. The molecule has 0 aliphatic carbocycles. The predicted molar refractivity (Wildman–Crippen MR) is 60.3 cm³/mol. The summed E-state index contributed by atoms with van der Waals surface area (Å²) in [5.74, 6) is -1.55. The highest BCUT2D eigenvalue weighted by Gasteiger charge is 2.17. The van der Waals surface area contributed by atoms with Crippen LogP contribution in [0.15, 0.2) is 23.1 Å². The highest BCUT2D eigenvalue weighted by Crippen LogP contribution is 2.22. The smallest absolute Gasteiger partial charge is 0.310 e. The van der Waals surface area contributed by atoms with Gasteiger partial charge >= 0.3 is 5.97 Å². The highest BCUT2D eigenvalue weighted by atomic mass is 32.2. The molecule has 1 aromatic carbocycles. The van der Waals surface area contributed by atoms with Crippen LogP contribution in [0.5, 0.6) is 0 Å². The number of carboxylic acid groups (broad SMARTS) is 1. The molecule has 4 nitrogen and oxygen atoms in total. The van der Waals surface area contributed by atoms with Gasteiger partial charge in [0.05, 0.1) is 10.8 Å². The molecule has 0 aromatic heterocycles. The predicted octanol–water partition coefficient (Wildman–Crippen LogP) is 1.59. The molecule has 0 fully saturated rings. The summed E-state index contributed by atoms with van der Waals surface area (Å²) < 4.78 is 22.6. The van der Waals surface area contributed by atoms with E-state index in [-0.39, 0.29) is 4.90 Å². The highest BCUT2D eigenvalue weighted by molar-refractivity contribution is 7.90. The Morgan fingerprint density at radius 1 is 1.38 bits per heavy atom. The van der Waals surface area contributed by atoms with Gasteiger partial charge in [0.15, 0.2) is 9.84 Å². The Hall–Kier alpha value is -1.36. The van der Waals surface area contributed by atoms with Crippen molar-refractivity contribution in [2.24, 2.45) is 0 Å². The Bertz CT molecular complexity index is 517. The molecule has 5 heteroatoms. The molecule has 0 spiro atoms. The largest absolute Gasteiger partial charge is 0.481 e. The quantitative estimate of drug-likeness (QED) is 0.873. The molecule has 1 aromatic rings. The zero-order valence-corrected chi connectivity index (χ0v) is 10.2. The minimum atomic E-state index is -3.24. The van der Waals surface area contributed by atoms with Crippen LogP contribution in [0.2, 0.25) is 0 Å². The number of aryl methyl sites for hydroxylation is 1. The molecule has 1 N–H and O–H groups in total. The second kappa shape index (κ2) is 4.25. The van der Waals surface area contributed by atoms with Crippen molar-refractivity contribution in [2.75, 3.05) is 6.26 Å². The van der Waals surface area contributed by atoms with Crippen LogP contribution in [0, 0.1) is 6.92 Å². The minimum absolute atomic E-state index is 0.214. The third-order valence-electron chi connectivity index (χ3n) is 2.51. The number of aliphatic carboxylic acids is 1. The summed E-state index contributed by atoms with van der Waals surface area (Å²) in [7, 11) is -3.24. The first kappa shape index (κ1) is 12.7. The van der Waals surface area contributed by atoms with Crippen LogP contribution < -0.4 is 0 Å². The molecule has 1 unspecified atom stereocenters. The van der Waals surface area contributed by atoms with Crippen molar-refractivity contribution < 1.29 is 18.3 Å². The summed E-state index contributed by atoms with van der Waals surface area (Å²) in [6.45, 7) is 3.29. The molecule has 0 heterocycles. The molecule has 0 amide bonds. The lowest BCUT2D eigenvalue weighted by Crippen LogP contribution is -2.09. The first-order valence-corrected chi connectivity index (χ1v) is 6.66. The molecular weight excluding hydrogens is 228 g/mol. The van der Waals surface area contributed by atoms with Crippen LogP contribution in [-0.2, 0) is 14.6 Å². The molecular formula is C11H14O4S. The lowest BCUT2D eigenvalue weighted by molar-refractivity contribution is -0.138. The van der Waals surface area contributed by atoms with E-state index in [2.05, 4.69) is 0 Å². The molecule has 0 aliphatic rings. The lowest BCUT2D eigenvalue weighted by atomic mass is 9.97. The standard InChI is InChI=1S/C11H14O4S/c1-7-6-9(16(3,14)15)4-5-10(7)8(2)11(12)13/h4-6,8H,1-3H3,(H,12,13). The normalized spacial score (nSPS) is 13.4. The van der Waals surface area contributed by atoms with E-state index < -0.39 is 21.7 Å². The molecule has 0 saturated heterocycles. The number of benzene rings is 1. The van der Waals surface area contributed by atoms with E-state index in [4.69, 9.17) is 5.11 Å². The Balaban J connectivity index is 3.25. The number of hydrogen-bond acceptors (Lipinski definition) is 3. The second-order valence-electron chi connectivity index (χ2n) is 3.85. The van der Waals surface area contributed by atoms with E-state index in [1.165, 1.54) is 12.1 Å². The van der Waals surface area contributed by atoms with E-state index in [0.29, 0.717) is 11.1 Å². The van der Waals surface area contributed by atoms with E-state index in [0.717, 1.165) is 6.26 Å². The van der Waals surface area contributed by atoms with Crippen molar-refractivity contribution in [3.8, 4) is 0 Å². The van der Waals surface area contributed by atoms with Crippen molar-refractivity contribution in [2.45, 2.75) is 24.7 Å². The van der Waals surface area contributed by atoms with Gasteiger partial charge in [0.2, 0.25) is 0 Å². The van der Waals surface area contributed by atoms with Gasteiger partial charge in [-0.25, -0.2) is 8.42 Å². The zero-order valence-electron chi connectivity index (χ0n) is 9.39. The van der Waals surface area contributed by atoms with E-state index >= 15 is 0 Å². The summed E-state index contributed by atoms with van der Waals surface area (Å²) in [6, 6.07) is 4.51. The second-order valence-corrected chi connectivity index (χ2v) is 5.87. The Kier molecular flexibility index (Phi) is 3.38. The molecule has 88 valence electrons. The summed E-state index contributed by atoms with van der Waals surface area (Å²) in [4.78, 5) is 11.0. The van der Waals surface area contributed by atoms with Gasteiger partial charge in [0.25, 0.3) is 0 Å². The van der Waals surface area contributed by atoms with Gasteiger partial charge in [0, 0.05) is 6.26 Å². The van der Waals surface area contributed by atoms with Gasteiger partial charge in [-0.1, -0.05) is 6.07 Å². The summed E-state index contributed by atoms with van der Waals surface area (Å²) in [5, 5.41) is 8.87. The number of carbonyl (C=O) groups is 1. The van der Waals surface area contributed by atoms with Crippen LogP contribution in [0.1, 0.15) is 24.0 Å². The maximum Gasteiger partial charge on any atom is 0.310 e. The fourth-order valence-corrected chi connectivity index (χ4v) is 2.20. The number of rotatable bonds is 3. The summed E-state index contributed by atoms with van der Waals surface area (Å²) >= 11 is 0. The molecule has 0 aliphatic heterocycles. The Morgan fingerprint density at radius 3 is 2.31 bits per heavy atom. The first-order valence-electron chi connectivity index (χ1n) is 4.77. The van der Waals surface area contributed by atoms with Crippen molar-refractivity contribution in [1.29, 1.82) is 0 Å². The van der Waals surface area contributed by atoms with E-state index in [1.807, 2.05) is 0 Å². The molecule has 1 rings (SSSR count). The van der Waals surface area contributed by atoms with Crippen LogP contribution in [-0.4, -0.2) is 25.7 Å². The third-order valence-corrected chi connectivity index (χ3v) is 3.62. The van der Waals surface area contributed by atoms with Crippen LogP contribution in [0.25, 0.3) is 0 Å². The summed E-state index contributed by atoms with van der Waals surface area (Å²) in [6.07, 6.45) is 1.13. The molecule has 1 atom stereocenters. The van der Waals surface area contributed by atoms with Crippen molar-refractivity contribution in [3.63, 3.8) is 0 Å².